The van der Waals surface area contributed by atoms with E-state index < -0.39 is 0 Å². The molecule has 0 spiro atoms. The fourth-order valence-corrected chi connectivity index (χ4v) is 2.76. The molecule has 1 saturated heterocycles. The summed E-state index contributed by atoms with van der Waals surface area (Å²) >= 11 is 0. The van der Waals surface area contributed by atoms with Crippen molar-refractivity contribution in [2.24, 2.45) is 13.0 Å². The molecule has 1 atom stereocenters. The zero-order chi connectivity index (χ0) is 15.5. The summed E-state index contributed by atoms with van der Waals surface area (Å²) in [6, 6.07) is 8.04. The first kappa shape index (κ1) is 14.8. The summed E-state index contributed by atoms with van der Waals surface area (Å²) in [5.41, 5.74) is 3.97. The second-order valence-corrected chi connectivity index (χ2v) is 5.77. The van der Waals surface area contributed by atoms with Gasteiger partial charge in [0.25, 0.3) is 0 Å². The third kappa shape index (κ3) is 3.04. The second-order valence-electron chi connectivity index (χ2n) is 5.77. The number of ether oxygens (including phenoxy) is 1. The van der Waals surface area contributed by atoms with Crippen molar-refractivity contribution in [1.82, 2.24) is 9.78 Å². The number of nitrogens with one attached hydrogen (secondary N) is 1. The summed E-state index contributed by atoms with van der Waals surface area (Å²) in [5, 5.41) is 7.25. The van der Waals surface area contributed by atoms with Crippen LogP contribution in [0, 0.1) is 12.8 Å². The van der Waals surface area contributed by atoms with E-state index in [4.69, 9.17) is 4.74 Å². The number of carbonyl (C=O) groups is 1. The van der Waals surface area contributed by atoms with E-state index in [1.54, 1.807) is 6.20 Å². The molecule has 116 valence electrons. The monoisotopic (exact) mass is 299 g/mol. The van der Waals surface area contributed by atoms with Crippen molar-refractivity contribution in [1.29, 1.82) is 0 Å². The van der Waals surface area contributed by atoms with Gasteiger partial charge in [-0.15, -0.1) is 0 Å². The van der Waals surface area contributed by atoms with Crippen molar-refractivity contribution in [3.63, 3.8) is 0 Å². The first-order chi connectivity index (χ1) is 10.6. The van der Waals surface area contributed by atoms with Crippen LogP contribution in [0.15, 0.2) is 30.5 Å². The molecule has 0 saturated carbocycles. The van der Waals surface area contributed by atoms with Crippen molar-refractivity contribution in [3.8, 4) is 11.3 Å². The lowest BCUT2D eigenvalue weighted by molar-refractivity contribution is -0.123. The highest BCUT2D eigenvalue weighted by Gasteiger charge is 2.22. The van der Waals surface area contributed by atoms with Crippen molar-refractivity contribution in [2.75, 3.05) is 18.5 Å². The highest BCUT2D eigenvalue weighted by molar-refractivity contribution is 5.94. The zero-order valence-corrected chi connectivity index (χ0v) is 13.0. The van der Waals surface area contributed by atoms with E-state index in [1.165, 1.54) is 0 Å². The van der Waals surface area contributed by atoms with Gasteiger partial charge >= 0.3 is 0 Å². The third-order valence-electron chi connectivity index (χ3n) is 4.14. The van der Waals surface area contributed by atoms with E-state index in [1.807, 2.05) is 42.9 Å². The fraction of sp³-hybridized carbons (Fsp3) is 0.412. The van der Waals surface area contributed by atoms with Gasteiger partial charge in [-0.05, 0) is 37.5 Å². The van der Waals surface area contributed by atoms with Crippen LogP contribution < -0.4 is 5.32 Å². The predicted molar refractivity (Wildman–Crippen MR) is 85.6 cm³/mol. The number of nitrogens with zero attached hydrogens (tertiary/aromatic N) is 2. The lowest BCUT2D eigenvalue weighted by Gasteiger charge is -2.22. The molecule has 5 nitrogen and oxygen atoms in total. The zero-order valence-electron chi connectivity index (χ0n) is 13.0. The van der Waals surface area contributed by atoms with Gasteiger partial charge in [0.2, 0.25) is 5.91 Å². The predicted octanol–water partition coefficient (Wildman–Crippen LogP) is 2.76. The molecule has 0 aliphatic carbocycles. The number of hydrogen-bond acceptors (Lipinski definition) is 3. The van der Waals surface area contributed by atoms with Gasteiger partial charge < -0.3 is 10.1 Å². The van der Waals surface area contributed by atoms with Crippen LogP contribution in [-0.4, -0.2) is 28.9 Å². The van der Waals surface area contributed by atoms with Crippen molar-refractivity contribution in [3.05, 3.63) is 36.0 Å². The van der Waals surface area contributed by atoms with Gasteiger partial charge in [0, 0.05) is 31.1 Å². The molecule has 0 radical (unpaired) electrons. The van der Waals surface area contributed by atoms with E-state index in [0.717, 1.165) is 42.0 Å². The average molecular weight is 299 g/mol. The Balaban J connectivity index is 1.81. The van der Waals surface area contributed by atoms with E-state index in [9.17, 15) is 4.79 Å². The summed E-state index contributed by atoms with van der Waals surface area (Å²) in [7, 11) is 1.91. The fourth-order valence-electron chi connectivity index (χ4n) is 2.76. The molecule has 1 aromatic heterocycles. The summed E-state index contributed by atoms with van der Waals surface area (Å²) in [6.07, 6.45) is 3.62. The number of anilines is 1. The van der Waals surface area contributed by atoms with Gasteiger partial charge in [0.05, 0.1) is 18.2 Å². The Morgan fingerprint density at radius 1 is 1.41 bits per heavy atom. The van der Waals surface area contributed by atoms with Crippen molar-refractivity contribution >= 4 is 11.6 Å². The molecule has 1 aromatic carbocycles. The number of hydrogen-bond donors (Lipinski definition) is 1. The summed E-state index contributed by atoms with van der Waals surface area (Å²) in [5.74, 6) is -0.00142. The van der Waals surface area contributed by atoms with Gasteiger partial charge in [-0.1, -0.05) is 12.1 Å². The molecular weight excluding hydrogens is 278 g/mol. The lowest BCUT2D eigenvalue weighted by atomic mass is 10.0. The molecule has 3 rings (SSSR count). The molecule has 22 heavy (non-hydrogen) atoms. The van der Waals surface area contributed by atoms with Crippen LogP contribution in [-0.2, 0) is 16.6 Å². The van der Waals surface area contributed by atoms with E-state index >= 15 is 0 Å². The van der Waals surface area contributed by atoms with Gasteiger partial charge in [-0.25, -0.2) is 0 Å². The van der Waals surface area contributed by atoms with Gasteiger partial charge in [0.15, 0.2) is 0 Å². The molecule has 1 N–H and O–H groups in total. The minimum atomic E-state index is -0.0477. The molecule has 0 unspecified atom stereocenters. The van der Waals surface area contributed by atoms with Crippen LogP contribution in [0.5, 0.6) is 0 Å². The molecule has 1 fully saturated rings. The van der Waals surface area contributed by atoms with Gasteiger partial charge in [-0.3, -0.25) is 9.48 Å². The number of amides is 1. The molecule has 1 aliphatic rings. The van der Waals surface area contributed by atoms with E-state index in [0.29, 0.717) is 6.61 Å². The Morgan fingerprint density at radius 3 is 2.95 bits per heavy atom. The van der Waals surface area contributed by atoms with Crippen LogP contribution in [0.25, 0.3) is 11.3 Å². The highest BCUT2D eigenvalue weighted by Crippen LogP contribution is 2.26. The average Bonchev–Trinajstić information content (AvgIpc) is 2.96. The Morgan fingerprint density at radius 2 is 2.27 bits per heavy atom. The smallest absolute Gasteiger partial charge is 0.229 e. The number of benzene rings is 1. The van der Waals surface area contributed by atoms with Crippen molar-refractivity contribution < 1.29 is 9.53 Å². The Kier molecular flexibility index (Phi) is 4.24. The molecule has 1 aliphatic heterocycles. The summed E-state index contributed by atoms with van der Waals surface area (Å²) in [6.45, 7) is 3.28. The molecule has 0 bridgehead atoms. The van der Waals surface area contributed by atoms with E-state index in [-0.39, 0.29) is 11.8 Å². The number of aromatic nitrogens is 2. The SMILES string of the molecule is Cc1ccc(-c2ccnn2C)cc1NC(=O)[C@H]1CCCOC1. The van der Waals surface area contributed by atoms with Crippen LogP contribution in [0.4, 0.5) is 5.69 Å². The van der Waals surface area contributed by atoms with Crippen LogP contribution in [0.1, 0.15) is 18.4 Å². The first-order valence-corrected chi connectivity index (χ1v) is 7.63. The van der Waals surface area contributed by atoms with E-state index in [2.05, 4.69) is 10.4 Å². The molecule has 1 amide bonds. The Labute approximate surface area is 130 Å². The lowest BCUT2D eigenvalue weighted by Crippen LogP contribution is -2.30. The quantitative estimate of drug-likeness (QED) is 0.948. The topological polar surface area (TPSA) is 56.2 Å². The molecule has 2 aromatic rings. The Bertz CT molecular complexity index is 672. The maximum absolute atomic E-state index is 12.4. The normalized spacial score (nSPS) is 18.2. The summed E-state index contributed by atoms with van der Waals surface area (Å²) in [4.78, 5) is 12.4. The molecule has 2 heterocycles. The molecule has 5 heteroatoms. The van der Waals surface area contributed by atoms with Crippen LogP contribution in [0.3, 0.4) is 0 Å². The minimum absolute atomic E-state index is 0.0463. The number of aryl methyl sites for hydroxylation is 2. The van der Waals surface area contributed by atoms with Gasteiger partial charge in [0.1, 0.15) is 0 Å². The van der Waals surface area contributed by atoms with Crippen LogP contribution >= 0.6 is 0 Å². The number of rotatable bonds is 3. The largest absolute Gasteiger partial charge is 0.381 e. The third-order valence-corrected chi connectivity index (χ3v) is 4.14. The van der Waals surface area contributed by atoms with Gasteiger partial charge in [-0.2, -0.15) is 5.10 Å². The van der Waals surface area contributed by atoms with Crippen molar-refractivity contribution in [2.45, 2.75) is 19.8 Å². The number of carbonyl (C=O) groups excluding carboxylic acids is 1. The standard InChI is InChI=1S/C17H21N3O2/c1-12-5-6-13(16-7-8-18-20(16)2)10-15(12)19-17(21)14-4-3-9-22-11-14/h5-8,10,14H,3-4,9,11H2,1-2H3,(H,19,21)/t14-/m0/s1. The maximum Gasteiger partial charge on any atom is 0.229 e. The summed E-state index contributed by atoms with van der Waals surface area (Å²) < 4.78 is 7.22. The maximum atomic E-state index is 12.4. The molecular formula is C17H21N3O2. The van der Waals surface area contributed by atoms with Crippen LogP contribution in [0.2, 0.25) is 0 Å². The Hall–Kier alpha value is -2.14. The first-order valence-electron chi connectivity index (χ1n) is 7.63. The second kappa shape index (κ2) is 6.32. The highest BCUT2D eigenvalue weighted by atomic mass is 16.5. The minimum Gasteiger partial charge on any atom is -0.381 e.